The van der Waals surface area contributed by atoms with Crippen molar-refractivity contribution in [3.8, 4) is 0 Å². The molecule has 2 unspecified atom stereocenters. The zero-order chi connectivity index (χ0) is 65.6. The maximum Gasteiger partial charge on any atom is 0.305 e. The lowest BCUT2D eigenvalue weighted by molar-refractivity contribution is -0.143. The Balaban J connectivity index is 3.37. The minimum atomic E-state index is -0.844. The van der Waals surface area contributed by atoms with Crippen LogP contribution in [0.25, 0.3) is 0 Å². The van der Waals surface area contributed by atoms with Gasteiger partial charge in [0.05, 0.1) is 25.4 Å². The number of hydrogen-bond acceptors (Lipinski definition) is 5. The summed E-state index contributed by atoms with van der Waals surface area (Å²) in [6, 6.07) is -0.627. The summed E-state index contributed by atoms with van der Waals surface area (Å²) in [5.74, 6) is -0.0433. The Bertz CT molecular complexity index is 1470. The molecule has 538 valence electrons. The molecule has 0 rings (SSSR count). The molecule has 2 atom stereocenters. The first-order valence-electron chi connectivity index (χ1n) is 41.8. The van der Waals surface area contributed by atoms with Gasteiger partial charge in [-0.15, -0.1) is 0 Å². The third-order valence-electron chi connectivity index (χ3n) is 19.6. The van der Waals surface area contributed by atoms with E-state index < -0.39 is 12.1 Å². The lowest BCUT2D eigenvalue weighted by Gasteiger charge is -2.20. The summed E-state index contributed by atoms with van der Waals surface area (Å²) in [4.78, 5) is 24.7. The molecule has 0 bridgehead atoms. The van der Waals surface area contributed by atoms with Crippen molar-refractivity contribution in [3.05, 3.63) is 36.5 Å². The molecule has 0 aliphatic heterocycles. The van der Waals surface area contributed by atoms with Crippen LogP contribution in [0, 0.1) is 0 Å². The van der Waals surface area contributed by atoms with E-state index in [0.29, 0.717) is 19.4 Å². The first-order valence-corrected chi connectivity index (χ1v) is 41.8. The number of allylic oxidation sites excluding steroid dienone is 5. The lowest BCUT2D eigenvalue weighted by atomic mass is 10.0. The van der Waals surface area contributed by atoms with E-state index in [-0.39, 0.29) is 18.5 Å². The number of unbranched alkanes of at least 4 members (excludes halogenated alkanes) is 64. The van der Waals surface area contributed by atoms with Gasteiger partial charge in [-0.25, -0.2) is 0 Å². The molecule has 1 amide bonds. The summed E-state index contributed by atoms with van der Waals surface area (Å²) >= 11 is 0. The number of aliphatic hydroxyl groups is 2. The molecule has 6 nitrogen and oxygen atoms in total. The fourth-order valence-electron chi connectivity index (χ4n) is 13.3. The molecule has 0 radical (unpaired) electrons. The van der Waals surface area contributed by atoms with Crippen LogP contribution in [0.5, 0.6) is 0 Å². The number of aliphatic hydroxyl groups excluding tert-OH is 2. The van der Waals surface area contributed by atoms with Crippen molar-refractivity contribution in [1.82, 2.24) is 5.32 Å². The van der Waals surface area contributed by atoms with Gasteiger partial charge >= 0.3 is 5.97 Å². The standard InChI is InChI=1S/C85H163NO5/c1-3-5-7-9-11-13-15-17-19-21-23-24-36-39-42-45-49-53-57-61-65-69-73-77-83(88)82(81-87)86-84(89)78-74-70-66-62-58-54-50-46-43-40-37-34-32-30-28-26-25-27-29-31-33-35-38-41-44-48-52-56-60-64-68-72-76-80-91-85(90)79-75-71-67-63-59-55-51-47-22-20-18-16-14-12-10-8-6-4-2/h20,22,29,31,73,77,82-83,87-88H,3-19,21,23-28,30,32-72,74-76,78-81H2,1-2H3,(H,86,89)/b22-20-,31-29-,77-73+. The van der Waals surface area contributed by atoms with Crippen LogP contribution in [0.15, 0.2) is 36.5 Å². The number of carbonyl (C=O) groups excluding carboxylic acids is 2. The van der Waals surface area contributed by atoms with E-state index in [9.17, 15) is 19.8 Å². The molecule has 0 fully saturated rings. The second kappa shape index (κ2) is 80.5. The van der Waals surface area contributed by atoms with Crippen LogP contribution in [0.1, 0.15) is 470 Å². The van der Waals surface area contributed by atoms with E-state index in [0.717, 1.165) is 44.9 Å². The summed E-state index contributed by atoms with van der Waals surface area (Å²) < 4.78 is 5.51. The van der Waals surface area contributed by atoms with E-state index in [1.54, 1.807) is 6.08 Å². The summed E-state index contributed by atoms with van der Waals surface area (Å²) in [6.07, 6.45) is 106. The monoisotopic (exact) mass is 1280 g/mol. The maximum absolute atomic E-state index is 12.6. The van der Waals surface area contributed by atoms with E-state index in [1.165, 1.54) is 398 Å². The Morgan fingerprint density at radius 3 is 0.780 bits per heavy atom. The van der Waals surface area contributed by atoms with Crippen molar-refractivity contribution < 1.29 is 24.5 Å². The molecule has 0 heterocycles. The van der Waals surface area contributed by atoms with E-state index in [1.807, 2.05) is 6.08 Å². The van der Waals surface area contributed by atoms with E-state index in [2.05, 4.69) is 43.5 Å². The third kappa shape index (κ3) is 77.0. The van der Waals surface area contributed by atoms with Crippen molar-refractivity contribution >= 4 is 11.9 Å². The zero-order valence-corrected chi connectivity index (χ0v) is 61.9. The predicted octanol–water partition coefficient (Wildman–Crippen LogP) is 27.8. The number of rotatable bonds is 79. The highest BCUT2D eigenvalue weighted by Crippen LogP contribution is 2.20. The van der Waals surface area contributed by atoms with Gasteiger partial charge in [0.2, 0.25) is 5.91 Å². The number of esters is 1. The molecular weight excluding hydrogens is 1110 g/mol. The van der Waals surface area contributed by atoms with Gasteiger partial charge in [0.25, 0.3) is 0 Å². The Labute approximate surface area is 570 Å². The van der Waals surface area contributed by atoms with Crippen molar-refractivity contribution in [2.45, 2.75) is 482 Å². The van der Waals surface area contributed by atoms with Crippen LogP contribution < -0.4 is 5.32 Å². The molecule has 0 saturated heterocycles. The van der Waals surface area contributed by atoms with Crippen molar-refractivity contribution in [3.63, 3.8) is 0 Å². The highest BCUT2D eigenvalue weighted by molar-refractivity contribution is 5.76. The number of amides is 1. The molecular formula is C85H163NO5. The van der Waals surface area contributed by atoms with E-state index >= 15 is 0 Å². The predicted molar refractivity (Wildman–Crippen MR) is 403 cm³/mol. The second-order valence-corrected chi connectivity index (χ2v) is 28.8. The highest BCUT2D eigenvalue weighted by Gasteiger charge is 2.18. The average Bonchev–Trinajstić information content (AvgIpc) is 3.64. The maximum atomic E-state index is 12.6. The van der Waals surface area contributed by atoms with Crippen LogP contribution in [0.4, 0.5) is 0 Å². The number of hydrogen-bond donors (Lipinski definition) is 3. The molecule has 0 aromatic carbocycles. The van der Waals surface area contributed by atoms with Crippen LogP contribution in [-0.4, -0.2) is 47.4 Å². The van der Waals surface area contributed by atoms with Crippen molar-refractivity contribution in [2.24, 2.45) is 0 Å². The first-order chi connectivity index (χ1) is 45.0. The molecule has 0 aromatic rings. The normalized spacial score (nSPS) is 12.6. The quantitative estimate of drug-likeness (QED) is 0.0320. The Hall–Kier alpha value is -1.92. The lowest BCUT2D eigenvalue weighted by Crippen LogP contribution is -2.45. The second-order valence-electron chi connectivity index (χ2n) is 28.8. The third-order valence-corrected chi connectivity index (χ3v) is 19.6. The van der Waals surface area contributed by atoms with Gasteiger partial charge in [-0.1, -0.05) is 410 Å². The SMILES string of the molecule is CCCCCCCCC/C=C\CCCCCCCCCC(=O)OCCCCCCCCCCCCCC/C=C\CCCCCCCCCCCCCCCCCCCC(=O)NC(CO)C(O)/C=C/CCCCCCCCCCCCCCCCCCCCCCC. The largest absolute Gasteiger partial charge is 0.466 e. The average molecular weight is 1280 g/mol. The van der Waals surface area contributed by atoms with Gasteiger partial charge in [0.15, 0.2) is 0 Å². The topological polar surface area (TPSA) is 95.9 Å². The van der Waals surface area contributed by atoms with Crippen LogP contribution >= 0.6 is 0 Å². The van der Waals surface area contributed by atoms with Crippen LogP contribution in [-0.2, 0) is 14.3 Å². The fraction of sp³-hybridized carbons (Fsp3) is 0.906. The molecule has 0 aliphatic rings. The smallest absolute Gasteiger partial charge is 0.305 e. The summed E-state index contributed by atoms with van der Waals surface area (Å²) in [5.41, 5.74) is 0. The first kappa shape index (κ1) is 89.1. The van der Waals surface area contributed by atoms with Gasteiger partial charge in [-0.3, -0.25) is 9.59 Å². The summed E-state index contributed by atoms with van der Waals surface area (Å²) in [6.45, 7) is 4.95. The summed E-state index contributed by atoms with van der Waals surface area (Å²) in [7, 11) is 0. The minimum absolute atomic E-state index is 0.0165. The Morgan fingerprint density at radius 2 is 0.516 bits per heavy atom. The van der Waals surface area contributed by atoms with Gasteiger partial charge in [0, 0.05) is 12.8 Å². The van der Waals surface area contributed by atoms with Gasteiger partial charge in [-0.05, 0) is 83.5 Å². The molecule has 6 heteroatoms. The molecule has 0 aliphatic carbocycles. The number of carbonyl (C=O) groups is 2. The number of ether oxygens (including phenoxy) is 1. The minimum Gasteiger partial charge on any atom is -0.466 e. The zero-order valence-electron chi connectivity index (χ0n) is 61.9. The fourth-order valence-corrected chi connectivity index (χ4v) is 13.3. The Kier molecular flexibility index (Phi) is 78.8. The summed E-state index contributed by atoms with van der Waals surface area (Å²) in [5, 5.41) is 23.3. The number of nitrogens with one attached hydrogen (secondary N) is 1. The van der Waals surface area contributed by atoms with Gasteiger partial charge < -0.3 is 20.3 Å². The highest BCUT2D eigenvalue weighted by atomic mass is 16.5. The van der Waals surface area contributed by atoms with Gasteiger partial charge in [0.1, 0.15) is 0 Å². The van der Waals surface area contributed by atoms with Crippen molar-refractivity contribution in [1.29, 1.82) is 0 Å². The van der Waals surface area contributed by atoms with Crippen molar-refractivity contribution in [2.75, 3.05) is 13.2 Å². The van der Waals surface area contributed by atoms with E-state index in [4.69, 9.17) is 4.74 Å². The molecule has 3 N–H and O–H groups in total. The molecule has 0 saturated carbocycles. The van der Waals surface area contributed by atoms with Crippen LogP contribution in [0.2, 0.25) is 0 Å². The van der Waals surface area contributed by atoms with Gasteiger partial charge in [-0.2, -0.15) is 0 Å². The molecule has 0 aromatic heterocycles. The Morgan fingerprint density at radius 1 is 0.297 bits per heavy atom. The molecule has 0 spiro atoms. The molecule has 91 heavy (non-hydrogen) atoms. The van der Waals surface area contributed by atoms with Crippen LogP contribution in [0.3, 0.4) is 0 Å².